The summed E-state index contributed by atoms with van der Waals surface area (Å²) in [5.41, 5.74) is 1.10. The summed E-state index contributed by atoms with van der Waals surface area (Å²) in [5, 5.41) is 4.48. The number of nitrogens with zero attached hydrogens (tertiary/aromatic N) is 2. The van der Waals surface area contributed by atoms with Gasteiger partial charge in [0.1, 0.15) is 0 Å². The van der Waals surface area contributed by atoms with E-state index in [1.807, 2.05) is 6.07 Å². The van der Waals surface area contributed by atoms with Gasteiger partial charge in [0.25, 0.3) is 0 Å². The number of para-hydroxylation sites is 1. The fraction of sp³-hybridized carbons (Fsp3) is 0.462. The number of thiazole rings is 1. The molecule has 1 saturated heterocycles. The highest BCUT2D eigenvalue weighted by Gasteiger charge is 2.09. The van der Waals surface area contributed by atoms with Gasteiger partial charge in [-0.25, -0.2) is 4.98 Å². The molecule has 0 bridgehead atoms. The van der Waals surface area contributed by atoms with E-state index in [1.54, 1.807) is 11.3 Å². The SMILES string of the molecule is c1ccc2sc(NCCN3CCSCC3)nc2c1. The minimum Gasteiger partial charge on any atom is -0.360 e. The van der Waals surface area contributed by atoms with Gasteiger partial charge in [-0.05, 0) is 12.1 Å². The highest BCUT2D eigenvalue weighted by atomic mass is 32.2. The quantitative estimate of drug-likeness (QED) is 0.931. The molecule has 1 aliphatic heterocycles. The van der Waals surface area contributed by atoms with Crippen LogP contribution in [0, 0.1) is 0 Å². The van der Waals surface area contributed by atoms with E-state index >= 15 is 0 Å². The lowest BCUT2D eigenvalue weighted by molar-refractivity contribution is 0.314. The molecule has 18 heavy (non-hydrogen) atoms. The third-order valence-electron chi connectivity index (χ3n) is 3.10. The molecule has 3 rings (SSSR count). The second-order valence-corrected chi connectivity index (χ2v) is 6.62. The Bertz CT molecular complexity index is 473. The van der Waals surface area contributed by atoms with E-state index in [0.717, 1.165) is 23.7 Å². The Morgan fingerprint density at radius 2 is 2.06 bits per heavy atom. The molecule has 0 amide bonds. The number of nitrogens with one attached hydrogen (secondary N) is 1. The van der Waals surface area contributed by atoms with Gasteiger partial charge in [0.2, 0.25) is 0 Å². The number of hydrogen-bond donors (Lipinski definition) is 1. The number of anilines is 1. The molecule has 0 atom stereocenters. The van der Waals surface area contributed by atoms with Crippen molar-refractivity contribution in [3.8, 4) is 0 Å². The molecule has 0 unspecified atom stereocenters. The monoisotopic (exact) mass is 279 g/mol. The molecule has 0 spiro atoms. The van der Waals surface area contributed by atoms with Crippen molar-refractivity contribution < 1.29 is 0 Å². The summed E-state index contributed by atoms with van der Waals surface area (Å²) < 4.78 is 1.26. The lowest BCUT2D eigenvalue weighted by Gasteiger charge is -2.25. The molecule has 0 saturated carbocycles. The maximum atomic E-state index is 4.58. The Morgan fingerprint density at radius 1 is 1.22 bits per heavy atom. The number of thioether (sulfide) groups is 1. The fourth-order valence-corrected chi connectivity index (χ4v) is 3.96. The molecular formula is C13H17N3S2. The van der Waals surface area contributed by atoms with Crippen LogP contribution in [-0.2, 0) is 0 Å². The Labute approximate surface area is 116 Å². The van der Waals surface area contributed by atoms with E-state index in [1.165, 1.54) is 29.3 Å². The Balaban J connectivity index is 1.53. The van der Waals surface area contributed by atoms with E-state index in [2.05, 4.69) is 45.2 Å². The van der Waals surface area contributed by atoms with Gasteiger partial charge < -0.3 is 5.32 Å². The standard InChI is InChI=1S/C13H17N3S2/c1-2-4-12-11(3-1)15-13(18-12)14-5-6-16-7-9-17-10-8-16/h1-4H,5-10H2,(H,14,15). The second-order valence-electron chi connectivity index (χ2n) is 4.37. The average molecular weight is 279 g/mol. The molecule has 2 aromatic rings. The van der Waals surface area contributed by atoms with Crippen molar-refractivity contribution in [2.75, 3.05) is 43.0 Å². The maximum Gasteiger partial charge on any atom is 0.183 e. The van der Waals surface area contributed by atoms with E-state index < -0.39 is 0 Å². The van der Waals surface area contributed by atoms with E-state index in [9.17, 15) is 0 Å². The molecule has 1 aromatic carbocycles. The zero-order chi connectivity index (χ0) is 12.2. The summed E-state index contributed by atoms with van der Waals surface area (Å²) in [6.45, 7) is 4.57. The van der Waals surface area contributed by atoms with Crippen molar-refractivity contribution >= 4 is 38.4 Å². The third kappa shape index (κ3) is 2.96. The van der Waals surface area contributed by atoms with Gasteiger partial charge in [0.05, 0.1) is 10.2 Å². The lowest BCUT2D eigenvalue weighted by atomic mass is 10.3. The summed E-state index contributed by atoms with van der Waals surface area (Å²) in [6.07, 6.45) is 0. The first kappa shape index (κ1) is 12.3. The largest absolute Gasteiger partial charge is 0.360 e. The van der Waals surface area contributed by atoms with Crippen molar-refractivity contribution in [1.82, 2.24) is 9.88 Å². The molecule has 1 aliphatic rings. The first-order chi connectivity index (χ1) is 8.92. The Kier molecular flexibility index (Phi) is 4.02. The van der Waals surface area contributed by atoms with Gasteiger partial charge in [-0.15, -0.1) is 0 Å². The van der Waals surface area contributed by atoms with Crippen LogP contribution >= 0.6 is 23.1 Å². The molecule has 1 N–H and O–H groups in total. The van der Waals surface area contributed by atoms with Gasteiger partial charge in [0.15, 0.2) is 5.13 Å². The van der Waals surface area contributed by atoms with Crippen LogP contribution < -0.4 is 5.32 Å². The molecule has 3 nitrogen and oxygen atoms in total. The zero-order valence-corrected chi connectivity index (χ0v) is 11.9. The topological polar surface area (TPSA) is 28.2 Å². The van der Waals surface area contributed by atoms with E-state index in [4.69, 9.17) is 0 Å². The average Bonchev–Trinajstić information content (AvgIpc) is 2.82. The molecule has 0 radical (unpaired) electrons. The number of hydrogen-bond acceptors (Lipinski definition) is 5. The van der Waals surface area contributed by atoms with Crippen molar-refractivity contribution in [1.29, 1.82) is 0 Å². The first-order valence-corrected chi connectivity index (χ1v) is 8.28. The predicted octanol–water partition coefficient (Wildman–Crippen LogP) is 2.76. The van der Waals surface area contributed by atoms with Crippen LogP contribution in [0.2, 0.25) is 0 Å². The fourth-order valence-electron chi connectivity index (χ4n) is 2.09. The summed E-state index contributed by atoms with van der Waals surface area (Å²) >= 11 is 3.80. The van der Waals surface area contributed by atoms with Gasteiger partial charge >= 0.3 is 0 Å². The molecule has 2 heterocycles. The van der Waals surface area contributed by atoms with Crippen molar-refractivity contribution in [3.05, 3.63) is 24.3 Å². The van der Waals surface area contributed by atoms with Gasteiger partial charge in [-0.1, -0.05) is 23.5 Å². The van der Waals surface area contributed by atoms with Crippen LogP contribution in [0.25, 0.3) is 10.2 Å². The van der Waals surface area contributed by atoms with Crippen LogP contribution in [-0.4, -0.2) is 47.6 Å². The Hall–Kier alpha value is -0.780. The van der Waals surface area contributed by atoms with Crippen LogP contribution in [0.5, 0.6) is 0 Å². The number of benzene rings is 1. The first-order valence-electron chi connectivity index (χ1n) is 6.31. The second kappa shape index (κ2) is 5.91. The summed E-state index contributed by atoms with van der Waals surface area (Å²) in [4.78, 5) is 7.10. The van der Waals surface area contributed by atoms with Gasteiger partial charge in [-0.3, -0.25) is 4.90 Å². The summed E-state index contributed by atoms with van der Waals surface area (Å²) in [6, 6.07) is 8.30. The summed E-state index contributed by atoms with van der Waals surface area (Å²) in [7, 11) is 0. The molecule has 96 valence electrons. The zero-order valence-electron chi connectivity index (χ0n) is 10.3. The van der Waals surface area contributed by atoms with Crippen LogP contribution in [0.15, 0.2) is 24.3 Å². The highest BCUT2D eigenvalue weighted by Crippen LogP contribution is 2.25. The maximum absolute atomic E-state index is 4.58. The number of rotatable bonds is 4. The number of fused-ring (bicyclic) bond motifs is 1. The molecule has 1 aromatic heterocycles. The molecule has 0 aliphatic carbocycles. The Morgan fingerprint density at radius 3 is 2.89 bits per heavy atom. The van der Waals surface area contributed by atoms with Crippen molar-refractivity contribution in [2.45, 2.75) is 0 Å². The number of aromatic nitrogens is 1. The minimum atomic E-state index is 0.991. The van der Waals surface area contributed by atoms with E-state index in [0.29, 0.717) is 0 Å². The lowest BCUT2D eigenvalue weighted by Crippen LogP contribution is -2.36. The van der Waals surface area contributed by atoms with Gasteiger partial charge in [0, 0.05) is 37.7 Å². The molecule has 5 heteroatoms. The van der Waals surface area contributed by atoms with Crippen LogP contribution in [0.4, 0.5) is 5.13 Å². The summed E-state index contributed by atoms with van der Waals surface area (Å²) in [5.74, 6) is 2.56. The normalized spacial score (nSPS) is 17.1. The third-order valence-corrected chi connectivity index (χ3v) is 5.04. The molecule has 1 fully saturated rings. The smallest absolute Gasteiger partial charge is 0.183 e. The van der Waals surface area contributed by atoms with E-state index in [-0.39, 0.29) is 0 Å². The van der Waals surface area contributed by atoms with Gasteiger partial charge in [-0.2, -0.15) is 11.8 Å². The minimum absolute atomic E-state index is 0.991. The van der Waals surface area contributed by atoms with Crippen LogP contribution in [0.1, 0.15) is 0 Å². The molecular weight excluding hydrogens is 262 g/mol. The van der Waals surface area contributed by atoms with Crippen molar-refractivity contribution in [3.63, 3.8) is 0 Å². The van der Waals surface area contributed by atoms with Crippen LogP contribution in [0.3, 0.4) is 0 Å². The predicted molar refractivity (Wildman–Crippen MR) is 81.9 cm³/mol. The van der Waals surface area contributed by atoms with Crippen molar-refractivity contribution in [2.24, 2.45) is 0 Å². The highest BCUT2D eigenvalue weighted by molar-refractivity contribution is 7.99.